The third-order valence-electron chi connectivity index (χ3n) is 1.49. The van der Waals surface area contributed by atoms with E-state index < -0.39 is 32.9 Å². The third kappa shape index (κ3) is 1.31. The zero-order chi connectivity index (χ0) is 10.9. The van der Waals surface area contributed by atoms with Gasteiger partial charge in [-0.3, -0.25) is 4.79 Å². The van der Waals surface area contributed by atoms with E-state index in [2.05, 4.69) is 4.85 Å². The van der Waals surface area contributed by atoms with E-state index in [1.165, 1.54) is 6.07 Å². The zero-order valence-corrected chi connectivity index (χ0v) is 7.98. The molecular weight excluding hydrogens is 227 g/mol. The first kappa shape index (κ1) is 10.5. The number of carbonyl (C=O) groups excluding carboxylic acids is 2. The maximum atomic E-state index is 11.2. The second-order valence-electron chi connectivity index (χ2n) is 2.23. The van der Waals surface area contributed by atoms with Crippen molar-refractivity contribution in [3.05, 3.63) is 32.8 Å². The van der Waals surface area contributed by atoms with Gasteiger partial charge < -0.3 is 4.79 Å². The number of allylic oxidation sites excluding steroid dienone is 3. The zero-order valence-electron chi connectivity index (χ0n) is 6.47. The van der Waals surface area contributed by atoms with E-state index >= 15 is 0 Å². The summed E-state index contributed by atoms with van der Waals surface area (Å²) in [5.41, 5.74) is -1.06. The molecule has 68 valence electrons. The van der Waals surface area contributed by atoms with E-state index in [0.29, 0.717) is 0 Å². The minimum absolute atomic E-state index is 0.519. The molecule has 1 aliphatic carbocycles. The predicted octanol–water partition coefficient (Wildman–Crippen LogP) is 1.52. The molecule has 0 aromatic heterocycles. The molecule has 0 unspecified atom stereocenters. The molecule has 0 aromatic rings. The lowest BCUT2D eigenvalue weighted by Crippen LogP contribution is -2.17. The molecule has 1 rings (SSSR count). The second-order valence-corrected chi connectivity index (χ2v) is 2.99. The topological polar surface area (TPSA) is 62.3 Å². The summed E-state index contributed by atoms with van der Waals surface area (Å²) in [6.07, 6.45) is 0. The summed E-state index contributed by atoms with van der Waals surface area (Å²) in [6.45, 7) is 6.61. The molecule has 6 heteroatoms. The van der Waals surface area contributed by atoms with Crippen molar-refractivity contribution in [2.24, 2.45) is 0 Å². The highest BCUT2D eigenvalue weighted by molar-refractivity contribution is 6.57. The fourth-order valence-electron chi connectivity index (χ4n) is 0.834. The van der Waals surface area contributed by atoms with Gasteiger partial charge in [-0.25, -0.2) is 4.85 Å². The lowest BCUT2D eigenvalue weighted by Gasteiger charge is -2.08. The number of halogens is 2. The van der Waals surface area contributed by atoms with E-state index in [4.69, 9.17) is 35.0 Å². The van der Waals surface area contributed by atoms with Crippen LogP contribution in [-0.2, 0) is 9.59 Å². The first-order chi connectivity index (χ1) is 6.54. The van der Waals surface area contributed by atoms with Gasteiger partial charge in [-0.1, -0.05) is 23.2 Å². The molecule has 4 nitrogen and oxygen atoms in total. The summed E-state index contributed by atoms with van der Waals surface area (Å²) in [7, 11) is 0. The Labute approximate surface area is 88.8 Å². The first-order valence-electron chi connectivity index (χ1n) is 3.21. The van der Waals surface area contributed by atoms with Crippen LogP contribution in [0.25, 0.3) is 4.85 Å². The van der Waals surface area contributed by atoms with Crippen molar-refractivity contribution < 1.29 is 9.59 Å². The average Bonchev–Trinajstić information content (AvgIpc) is 2.17. The normalized spacial score (nSPS) is 16.9. The Morgan fingerprint density at radius 1 is 1.21 bits per heavy atom. The van der Waals surface area contributed by atoms with Crippen LogP contribution in [0.2, 0.25) is 0 Å². The number of nitriles is 1. The third-order valence-corrected chi connectivity index (χ3v) is 2.20. The standard InChI is InChI=1S/C8Cl2N2O2/c1-12-6-5(10)7(13)3(2-11)4(9)8(6)14. The van der Waals surface area contributed by atoms with Crippen LogP contribution in [0.1, 0.15) is 0 Å². The van der Waals surface area contributed by atoms with Crippen molar-refractivity contribution in [2.45, 2.75) is 0 Å². The quantitative estimate of drug-likeness (QED) is 0.465. The van der Waals surface area contributed by atoms with Gasteiger partial charge in [-0.2, -0.15) is 5.26 Å². The van der Waals surface area contributed by atoms with Crippen molar-refractivity contribution in [1.82, 2.24) is 0 Å². The van der Waals surface area contributed by atoms with E-state index in [0.717, 1.165) is 0 Å². The van der Waals surface area contributed by atoms with Gasteiger partial charge in [0.15, 0.2) is 0 Å². The van der Waals surface area contributed by atoms with E-state index in [1.807, 2.05) is 0 Å². The van der Waals surface area contributed by atoms with Gasteiger partial charge in [-0.05, 0) is 0 Å². The molecule has 0 atom stereocenters. The van der Waals surface area contributed by atoms with Gasteiger partial charge in [0, 0.05) is 0 Å². The van der Waals surface area contributed by atoms with Crippen molar-refractivity contribution in [3.63, 3.8) is 0 Å². The van der Waals surface area contributed by atoms with E-state index in [-0.39, 0.29) is 0 Å². The maximum Gasteiger partial charge on any atom is 0.257 e. The van der Waals surface area contributed by atoms with Crippen LogP contribution in [0.3, 0.4) is 0 Å². The Kier molecular flexibility index (Phi) is 2.71. The molecule has 0 saturated carbocycles. The first-order valence-corrected chi connectivity index (χ1v) is 3.96. The molecule has 0 bridgehead atoms. The number of ketones is 2. The van der Waals surface area contributed by atoms with Crippen molar-refractivity contribution in [1.29, 1.82) is 5.26 Å². The van der Waals surface area contributed by atoms with Crippen LogP contribution < -0.4 is 0 Å². The van der Waals surface area contributed by atoms with Gasteiger partial charge in [-0.15, -0.1) is 0 Å². The van der Waals surface area contributed by atoms with Crippen molar-refractivity contribution in [2.75, 3.05) is 0 Å². The van der Waals surface area contributed by atoms with Crippen LogP contribution in [0.15, 0.2) is 21.3 Å². The van der Waals surface area contributed by atoms with Gasteiger partial charge in [0.25, 0.3) is 5.70 Å². The molecule has 0 amide bonds. The molecule has 14 heavy (non-hydrogen) atoms. The number of hydrogen-bond donors (Lipinski definition) is 0. The van der Waals surface area contributed by atoms with Gasteiger partial charge >= 0.3 is 0 Å². The Hall–Kier alpha value is -1.62. The second kappa shape index (κ2) is 3.63. The fraction of sp³-hybridized carbons (Fsp3) is 0. The van der Waals surface area contributed by atoms with Gasteiger partial charge in [0.2, 0.25) is 11.6 Å². The predicted molar refractivity (Wildman–Crippen MR) is 48.0 cm³/mol. The van der Waals surface area contributed by atoms with Gasteiger partial charge in [0.05, 0.1) is 16.6 Å². The molecule has 0 spiro atoms. The van der Waals surface area contributed by atoms with Crippen LogP contribution in [0.4, 0.5) is 0 Å². The lowest BCUT2D eigenvalue weighted by molar-refractivity contribution is -0.115. The van der Waals surface area contributed by atoms with Crippen LogP contribution in [0, 0.1) is 17.9 Å². The number of hydrogen-bond acceptors (Lipinski definition) is 3. The number of carbonyl (C=O) groups is 2. The minimum atomic E-state index is -0.886. The summed E-state index contributed by atoms with van der Waals surface area (Å²) in [4.78, 5) is 25.2. The largest absolute Gasteiger partial charge is 0.301 e. The minimum Gasteiger partial charge on any atom is -0.301 e. The van der Waals surface area contributed by atoms with Crippen molar-refractivity contribution in [3.8, 4) is 6.07 Å². The SMILES string of the molecule is [C-]#[N+]C1=C(Cl)C(=O)C(C#N)=C(Cl)C1=O. The summed E-state index contributed by atoms with van der Waals surface area (Å²) in [5.74, 6) is -1.77. The summed E-state index contributed by atoms with van der Waals surface area (Å²) in [5, 5.41) is 7.40. The average molecular weight is 227 g/mol. The number of Topliss-reactive ketones (excluding diaryl/α,β-unsaturated/α-hetero) is 2. The van der Waals surface area contributed by atoms with E-state index in [1.54, 1.807) is 0 Å². The molecule has 0 N–H and O–H groups in total. The Morgan fingerprint density at radius 3 is 2.21 bits per heavy atom. The highest BCUT2D eigenvalue weighted by atomic mass is 35.5. The Morgan fingerprint density at radius 2 is 1.79 bits per heavy atom. The summed E-state index contributed by atoms with van der Waals surface area (Å²) < 4.78 is 0. The lowest BCUT2D eigenvalue weighted by atomic mass is 10.0. The highest BCUT2D eigenvalue weighted by Crippen LogP contribution is 2.29. The van der Waals surface area contributed by atoms with Crippen LogP contribution >= 0.6 is 23.2 Å². The van der Waals surface area contributed by atoms with E-state index in [9.17, 15) is 9.59 Å². The Bertz CT molecular complexity index is 442. The summed E-state index contributed by atoms with van der Waals surface area (Å²) >= 11 is 10.8. The molecular formula is C8Cl2N2O2. The molecule has 0 heterocycles. The monoisotopic (exact) mass is 226 g/mol. The van der Waals surface area contributed by atoms with Gasteiger partial charge in [0.1, 0.15) is 11.6 Å². The molecule has 0 aliphatic heterocycles. The highest BCUT2D eigenvalue weighted by Gasteiger charge is 2.33. The molecule has 0 fully saturated rings. The number of nitrogens with zero attached hydrogens (tertiary/aromatic N) is 2. The molecule has 0 aromatic carbocycles. The van der Waals surface area contributed by atoms with Crippen LogP contribution in [0.5, 0.6) is 0 Å². The maximum absolute atomic E-state index is 11.2. The molecule has 0 radical (unpaired) electrons. The molecule has 0 saturated heterocycles. The Balaban J connectivity index is 3.47. The smallest absolute Gasteiger partial charge is 0.257 e. The van der Waals surface area contributed by atoms with Crippen molar-refractivity contribution >= 4 is 34.8 Å². The van der Waals surface area contributed by atoms with Crippen LogP contribution in [-0.4, -0.2) is 11.6 Å². The molecule has 1 aliphatic rings. The summed E-state index contributed by atoms with van der Waals surface area (Å²) in [6, 6.07) is 1.46. The number of rotatable bonds is 0. The fourth-order valence-corrected chi connectivity index (χ4v) is 1.27.